The van der Waals surface area contributed by atoms with Crippen molar-refractivity contribution in [3.05, 3.63) is 113 Å². The molecule has 4 aromatic carbocycles. The van der Waals surface area contributed by atoms with Crippen LogP contribution in [0, 0.1) is 11.6 Å². The molecular weight excluding hydrogens is 498 g/mol. The minimum absolute atomic E-state index is 0.0885. The number of benzene rings is 4. The third-order valence-corrected chi connectivity index (χ3v) is 7.41. The Morgan fingerprint density at radius 1 is 0.919 bits per heavy atom. The SMILES string of the molecule is O=C(/C=C/c1cccc2c1N(Cc1ccc3ccccc3c1)C(=O)C2)NS(=O)(=O)c1ccc(F)c(F)c1. The second kappa shape index (κ2) is 9.59. The topological polar surface area (TPSA) is 83.6 Å². The van der Waals surface area contributed by atoms with Gasteiger partial charge in [-0.1, -0.05) is 54.6 Å². The summed E-state index contributed by atoms with van der Waals surface area (Å²) in [7, 11) is -4.41. The van der Waals surface area contributed by atoms with Gasteiger partial charge in [0.1, 0.15) is 0 Å². The highest BCUT2D eigenvalue weighted by Gasteiger charge is 2.29. The van der Waals surface area contributed by atoms with E-state index in [4.69, 9.17) is 0 Å². The van der Waals surface area contributed by atoms with E-state index in [9.17, 15) is 26.8 Å². The third kappa shape index (κ3) is 4.99. The average Bonchev–Trinajstić information content (AvgIpc) is 3.19. The van der Waals surface area contributed by atoms with Crippen LogP contribution in [0.25, 0.3) is 16.8 Å². The van der Waals surface area contributed by atoms with Crippen LogP contribution in [0.1, 0.15) is 16.7 Å². The summed E-state index contributed by atoms with van der Waals surface area (Å²) in [6.45, 7) is 0.332. The summed E-state index contributed by atoms with van der Waals surface area (Å²) in [5, 5.41) is 2.14. The zero-order chi connectivity index (χ0) is 26.2. The zero-order valence-corrected chi connectivity index (χ0v) is 20.1. The van der Waals surface area contributed by atoms with Gasteiger partial charge in [0, 0.05) is 6.08 Å². The molecular formula is C28H20F2N2O4S. The number of amides is 2. The van der Waals surface area contributed by atoms with Gasteiger partial charge in [-0.25, -0.2) is 21.9 Å². The molecule has 186 valence electrons. The molecule has 2 amide bonds. The highest BCUT2D eigenvalue weighted by atomic mass is 32.2. The van der Waals surface area contributed by atoms with Crippen molar-refractivity contribution < 1.29 is 26.8 Å². The quantitative estimate of drug-likeness (QED) is 0.374. The number of carbonyl (C=O) groups is 2. The van der Waals surface area contributed by atoms with Gasteiger partial charge < -0.3 is 4.90 Å². The van der Waals surface area contributed by atoms with Gasteiger partial charge in [-0.3, -0.25) is 9.59 Å². The summed E-state index contributed by atoms with van der Waals surface area (Å²) in [4.78, 5) is 26.3. The molecule has 1 aliphatic rings. The largest absolute Gasteiger partial charge is 0.307 e. The first-order chi connectivity index (χ1) is 17.7. The molecule has 0 unspecified atom stereocenters. The predicted octanol–water partition coefficient (Wildman–Crippen LogP) is 4.73. The molecule has 0 aliphatic carbocycles. The van der Waals surface area contributed by atoms with E-state index in [2.05, 4.69) is 0 Å². The Hall–Kier alpha value is -4.37. The first-order valence-corrected chi connectivity index (χ1v) is 12.8. The molecule has 1 N–H and O–H groups in total. The fourth-order valence-electron chi connectivity index (χ4n) is 4.32. The molecule has 0 bridgehead atoms. The highest BCUT2D eigenvalue weighted by molar-refractivity contribution is 7.90. The van der Waals surface area contributed by atoms with Gasteiger partial charge in [0.15, 0.2) is 11.6 Å². The fourth-order valence-corrected chi connectivity index (χ4v) is 5.28. The molecule has 9 heteroatoms. The minimum atomic E-state index is -4.41. The summed E-state index contributed by atoms with van der Waals surface area (Å²) in [6, 6.07) is 21.2. The van der Waals surface area contributed by atoms with Crippen molar-refractivity contribution in [3.8, 4) is 0 Å². The van der Waals surface area contributed by atoms with E-state index in [1.165, 1.54) is 6.08 Å². The third-order valence-electron chi connectivity index (χ3n) is 6.07. The smallest absolute Gasteiger partial charge is 0.264 e. The lowest BCUT2D eigenvalue weighted by Crippen LogP contribution is -2.29. The number of anilines is 1. The Labute approximate surface area is 211 Å². The summed E-state index contributed by atoms with van der Waals surface area (Å²) in [5.41, 5.74) is 2.94. The first-order valence-electron chi connectivity index (χ1n) is 11.3. The summed E-state index contributed by atoms with van der Waals surface area (Å²) in [5.74, 6) is -3.62. The molecule has 0 fully saturated rings. The van der Waals surface area contributed by atoms with Crippen LogP contribution < -0.4 is 9.62 Å². The van der Waals surface area contributed by atoms with Crippen LogP contribution in [0.5, 0.6) is 0 Å². The number of sulfonamides is 1. The fraction of sp³-hybridized carbons (Fsp3) is 0.0714. The molecule has 0 saturated heterocycles. The Balaban J connectivity index is 1.38. The molecule has 4 aromatic rings. The summed E-state index contributed by atoms with van der Waals surface area (Å²) >= 11 is 0. The van der Waals surface area contributed by atoms with E-state index < -0.39 is 32.5 Å². The number of halogens is 2. The highest BCUT2D eigenvalue weighted by Crippen LogP contribution is 2.35. The zero-order valence-electron chi connectivity index (χ0n) is 19.3. The Kier molecular flexibility index (Phi) is 6.31. The van der Waals surface area contributed by atoms with E-state index in [0.29, 0.717) is 29.9 Å². The van der Waals surface area contributed by atoms with Crippen LogP contribution in [-0.4, -0.2) is 20.2 Å². The number of para-hydroxylation sites is 1. The van der Waals surface area contributed by atoms with Crippen molar-refractivity contribution in [3.63, 3.8) is 0 Å². The standard InChI is InChI=1S/C28H20F2N2O4S/c29-24-12-11-23(16-25(24)30)37(35,36)31-26(33)13-10-20-6-3-7-22-15-27(34)32(28(20)22)17-18-8-9-19-4-1-2-5-21(19)14-18/h1-14,16H,15,17H2,(H,31,33)/b13-10+. The molecule has 0 radical (unpaired) electrons. The van der Waals surface area contributed by atoms with Crippen molar-refractivity contribution in [2.45, 2.75) is 17.9 Å². The maximum absolute atomic E-state index is 13.4. The molecule has 6 nitrogen and oxygen atoms in total. The van der Waals surface area contributed by atoms with Crippen molar-refractivity contribution in [1.29, 1.82) is 0 Å². The van der Waals surface area contributed by atoms with Gasteiger partial charge in [0.25, 0.3) is 15.9 Å². The Morgan fingerprint density at radius 3 is 2.49 bits per heavy atom. The van der Waals surface area contributed by atoms with Crippen LogP contribution in [-0.2, 0) is 32.6 Å². The van der Waals surface area contributed by atoms with E-state index in [1.807, 2.05) is 53.3 Å². The minimum Gasteiger partial charge on any atom is -0.307 e. The van der Waals surface area contributed by atoms with E-state index in [0.717, 1.165) is 34.0 Å². The van der Waals surface area contributed by atoms with Crippen molar-refractivity contribution in [1.82, 2.24) is 4.72 Å². The second-order valence-corrected chi connectivity index (χ2v) is 10.3. The van der Waals surface area contributed by atoms with Crippen LogP contribution in [0.15, 0.2) is 89.8 Å². The van der Waals surface area contributed by atoms with Crippen LogP contribution in [0.3, 0.4) is 0 Å². The van der Waals surface area contributed by atoms with Crippen LogP contribution >= 0.6 is 0 Å². The molecule has 0 atom stereocenters. The number of hydrogen-bond acceptors (Lipinski definition) is 4. The lowest BCUT2D eigenvalue weighted by atomic mass is 10.1. The van der Waals surface area contributed by atoms with Crippen molar-refractivity contribution in [2.75, 3.05) is 4.90 Å². The van der Waals surface area contributed by atoms with Crippen LogP contribution in [0.4, 0.5) is 14.5 Å². The predicted molar refractivity (Wildman–Crippen MR) is 136 cm³/mol. The number of carbonyl (C=O) groups excluding carboxylic acids is 2. The molecule has 1 heterocycles. The molecule has 0 aromatic heterocycles. The van der Waals surface area contributed by atoms with Gasteiger partial charge in [-0.15, -0.1) is 0 Å². The molecule has 37 heavy (non-hydrogen) atoms. The first kappa shape index (κ1) is 24.3. The van der Waals surface area contributed by atoms with Gasteiger partial charge in [-0.2, -0.15) is 0 Å². The summed E-state index contributed by atoms with van der Waals surface area (Å²) < 4.78 is 53.2. The number of hydrogen-bond donors (Lipinski definition) is 1. The molecule has 0 spiro atoms. The van der Waals surface area contributed by atoms with E-state index in [-0.39, 0.29) is 12.3 Å². The lowest BCUT2D eigenvalue weighted by molar-refractivity contribution is -0.117. The van der Waals surface area contributed by atoms with E-state index in [1.54, 1.807) is 17.0 Å². The van der Waals surface area contributed by atoms with E-state index >= 15 is 0 Å². The van der Waals surface area contributed by atoms with Gasteiger partial charge >= 0.3 is 0 Å². The number of fused-ring (bicyclic) bond motifs is 2. The average molecular weight is 519 g/mol. The number of nitrogens with zero attached hydrogens (tertiary/aromatic N) is 1. The number of rotatable bonds is 6. The van der Waals surface area contributed by atoms with Gasteiger partial charge in [0.2, 0.25) is 5.91 Å². The maximum atomic E-state index is 13.4. The second-order valence-electron chi connectivity index (χ2n) is 8.57. The number of nitrogens with one attached hydrogen (secondary N) is 1. The van der Waals surface area contributed by atoms with Crippen molar-refractivity contribution >= 4 is 44.4 Å². The Morgan fingerprint density at radius 2 is 1.70 bits per heavy atom. The lowest BCUT2D eigenvalue weighted by Gasteiger charge is -2.20. The normalized spacial score (nSPS) is 13.4. The molecule has 1 aliphatic heterocycles. The monoisotopic (exact) mass is 518 g/mol. The maximum Gasteiger partial charge on any atom is 0.264 e. The molecule has 5 rings (SSSR count). The molecule has 0 saturated carbocycles. The van der Waals surface area contributed by atoms with Crippen LogP contribution in [0.2, 0.25) is 0 Å². The van der Waals surface area contributed by atoms with Gasteiger partial charge in [-0.05, 0) is 57.8 Å². The Bertz CT molecular complexity index is 1700. The summed E-state index contributed by atoms with van der Waals surface area (Å²) in [6.07, 6.45) is 2.65. The van der Waals surface area contributed by atoms with Crippen molar-refractivity contribution in [2.24, 2.45) is 0 Å². The van der Waals surface area contributed by atoms with Gasteiger partial charge in [0.05, 0.1) is 23.5 Å².